The number of rotatable bonds is 4. The molecule has 2 aromatic rings. The van der Waals surface area contributed by atoms with Gasteiger partial charge in [0.1, 0.15) is 11.6 Å². The van der Waals surface area contributed by atoms with Crippen molar-refractivity contribution in [2.75, 3.05) is 17.7 Å². The van der Waals surface area contributed by atoms with Crippen LogP contribution in [0.5, 0.6) is 5.75 Å². The molecular formula is C15H15FN2O2. The highest BCUT2D eigenvalue weighted by Gasteiger charge is 2.06. The van der Waals surface area contributed by atoms with Crippen molar-refractivity contribution in [3.8, 4) is 5.75 Å². The van der Waals surface area contributed by atoms with E-state index < -0.39 is 5.82 Å². The molecule has 20 heavy (non-hydrogen) atoms. The quantitative estimate of drug-likeness (QED) is 0.842. The normalized spacial score (nSPS) is 10.1. The third kappa shape index (κ3) is 3.71. The fourth-order valence-corrected chi connectivity index (χ4v) is 1.63. The van der Waals surface area contributed by atoms with Gasteiger partial charge in [-0.05, 0) is 31.2 Å². The number of hydrogen-bond donors (Lipinski definition) is 2. The molecule has 0 aromatic heterocycles. The van der Waals surface area contributed by atoms with Crippen LogP contribution in [0, 0.1) is 12.7 Å². The number of benzene rings is 2. The lowest BCUT2D eigenvalue weighted by atomic mass is 10.2. The molecule has 0 aliphatic heterocycles. The maximum absolute atomic E-state index is 12.9. The molecule has 1 amide bonds. The standard InChI is InChI=1S/C15H15FN2O2/c1-10-2-5-12(6-3-10)18-15(19)9-20-14-7-4-11(16)8-13(14)17/h2-8H,9,17H2,1H3,(H,18,19). The fourth-order valence-electron chi connectivity index (χ4n) is 1.63. The summed E-state index contributed by atoms with van der Waals surface area (Å²) in [6.07, 6.45) is 0. The largest absolute Gasteiger partial charge is 0.482 e. The van der Waals surface area contributed by atoms with Crippen molar-refractivity contribution in [3.63, 3.8) is 0 Å². The van der Waals surface area contributed by atoms with E-state index >= 15 is 0 Å². The van der Waals surface area contributed by atoms with Crippen LogP contribution in [0.2, 0.25) is 0 Å². The molecule has 0 unspecified atom stereocenters. The molecule has 0 spiro atoms. The lowest BCUT2D eigenvalue weighted by Gasteiger charge is -2.09. The number of ether oxygens (including phenoxy) is 1. The molecule has 3 N–H and O–H groups in total. The number of carbonyl (C=O) groups excluding carboxylic acids is 1. The Morgan fingerprint density at radius 2 is 1.95 bits per heavy atom. The molecule has 0 aliphatic rings. The lowest BCUT2D eigenvalue weighted by molar-refractivity contribution is -0.118. The van der Waals surface area contributed by atoms with Gasteiger partial charge in [0, 0.05) is 11.8 Å². The van der Waals surface area contributed by atoms with E-state index in [0.29, 0.717) is 5.69 Å². The van der Waals surface area contributed by atoms with Crippen LogP contribution in [0.1, 0.15) is 5.56 Å². The zero-order valence-corrected chi connectivity index (χ0v) is 11.0. The topological polar surface area (TPSA) is 64.3 Å². The van der Waals surface area contributed by atoms with Gasteiger partial charge in [0.15, 0.2) is 6.61 Å². The van der Waals surface area contributed by atoms with Crippen molar-refractivity contribution >= 4 is 17.3 Å². The summed E-state index contributed by atoms with van der Waals surface area (Å²) in [7, 11) is 0. The van der Waals surface area contributed by atoms with Crippen molar-refractivity contribution in [1.82, 2.24) is 0 Å². The molecular weight excluding hydrogens is 259 g/mol. The third-order valence-electron chi connectivity index (χ3n) is 2.67. The summed E-state index contributed by atoms with van der Waals surface area (Å²) in [5.74, 6) is -0.470. The Morgan fingerprint density at radius 1 is 1.25 bits per heavy atom. The van der Waals surface area contributed by atoms with Crippen molar-refractivity contribution in [3.05, 3.63) is 53.8 Å². The number of nitrogen functional groups attached to an aromatic ring is 1. The zero-order valence-electron chi connectivity index (χ0n) is 11.0. The van der Waals surface area contributed by atoms with E-state index in [1.54, 1.807) is 12.1 Å². The van der Waals surface area contributed by atoms with Crippen LogP contribution in [0.15, 0.2) is 42.5 Å². The van der Waals surface area contributed by atoms with Crippen LogP contribution in [-0.2, 0) is 4.79 Å². The van der Waals surface area contributed by atoms with Crippen LogP contribution in [0.25, 0.3) is 0 Å². The minimum absolute atomic E-state index is 0.160. The summed E-state index contributed by atoms with van der Waals surface area (Å²) in [6, 6.07) is 11.2. The Balaban J connectivity index is 1.90. The summed E-state index contributed by atoms with van der Waals surface area (Å²) < 4.78 is 18.1. The lowest BCUT2D eigenvalue weighted by Crippen LogP contribution is -2.20. The third-order valence-corrected chi connectivity index (χ3v) is 2.67. The van der Waals surface area contributed by atoms with Crippen LogP contribution < -0.4 is 15.8 Å². The predicted octanol–water partition coefficient (Wildman–Crippen LogP) is 2.73. The second-order valence-corrected chi connectivity index (χ2v) is 4.39. The second-order valence-electron chi connectivity index (χ2n) is 4.39. The molecule has 0 heterocycles. The monoisotopic (exact) mass is 274 g/mol. The average Bonchev–Trinajstić information content (AvgIpc) is 2.40. The number of carbonyl (C=O) groups is 1. The van der Waals surface area contributed by atoms with Crippen molar-refractivity contribution in [2.45, 2.75) is 6.92 Å². The zero-order chi connectivity index (χ0) is 14.5. The van der Waals surface area contributed by atoms with Crippen LogP contribution >= 0.6 is 0 Å². The second kappa shape index (κ2) is 6.06. The van der Waals surface area contributed by atoms with Crippen molar-refractivity contribution in [2.24, 2.45) is 0 Å². The van der Waals surface area contributed by atoms with Crippen molar-refractivity contribution < 1.29 is 13.9 Å². The Kier molecular flexibility index (Phi) is 4.20. The van der Waals surface area contributed by atoms with E-state index in [-0.39, 0.29) is 24.0 Å². The Morgan fingerprint density at radius 3 is 2.60 bits per heavy atom. The number of amides is 1. The van der Waals surface area contributed by atoms with Gasteiger partial charge in [-0.1, -0.05) is 17.7 Å². The van der Waals surface area contributed by atoms with Gasteiger partial charge in [-0.15, -0.1) is 0 Å². The number of anilines is 2. The number of aryl methyl sites for hydroxylation is 1. The average molecular weight is 274 g/mol. The number of nitrogens with two attached hydrogens (primary N) is 1. The first-order valence-corrected chi connectivity index (χ1v) is 6.09. The molecule has 0 aliphatic carbocycles. The molecule has 4 nitrogen and oxygen atoms in total. The summed E-state index contributed by atoms with van der Waals surface area (Å²) >= 11 is 0. The molecule has 0 radical (unpaired) electrons. The molecule has 2 rings (SSSR count). The molecule has 104 valence electrons. The molecule has 0 fully saturated rings. The molecule has 2 aromatic carbocycles. The minimum Gasteiger partial charge on any atom is -0.482 e. The molecule has 0 saturated heterocycles. The Hall–Kier alpha value is -2.56. The first-order valence-electron chi connectivity index (χ1n) is 6.09. The van der Waals surface area contributed by atoms with Gasteiger partial charge in [-0.25, -0.2) is 4.39 Å². The SMILES string of the molecule is Cc1ccc(NC(=O)COc2ccc(F)cc2N)cc1. The number of halogens is 1. The maximum atomic E-state index is 12.9. The van der Waals surface area contributed by atoms with Gasteiger partial charge < -0.3 is 15.8 Å². The van der Waals surface area contributed by atoms with Crippen LogP contribution in [-0.4, -0.2) is 12.5 Å². The van der Waals surface area contributed by atoms with Gasteiger partial charge in [-0.2, -0.15) is 0 Å². The smallest absolute Gasteiger partial charge is 0.262 e. The van der Waals surface area contributed by atoms with Crippen LogP contribution in [0.4, 0.5) is 15.8 Å². The highest BCUT2D eigenvalue weighted by atomic mass is 19.1. The maximum Gasteiger partial charge on any atom is 0.262 e. The van der Waals surface area contributed by atoms with E-state index in [0.717, 1.165) is 11.6 Å². The summed E-state index contributed by atoms with van der Waals surface area (Å²) in [5.41, 5.74) is 7.54. The van der Waals surface area contributed by atoms with E-state index in [1.807, 2.05) is 19.1 Å². The minimum atomic E-state index is -0.445. The summed E-state index contributed by atoms with van der Waals surface area (Å²) in [4.78, 5) is 11.7. The fraction of sp³-hybridized carbons (Fsp3) is 0.133. The summed E-state index contributed by atoms with van der Waals surface area (Å²) in [6.45, 7) is 1.77. The van der Waals surface area contributed by atoms with E-state index in [2.05, 4.69) is 5.32 Å². The Bertz CT molecular complexity index is 612. The van der Waals surface area contributed by atoms with Crippen molar-refractivity contribution in [1.29, 1.82) is 0 Å². The van der Waals surface area contributed by atoms with E-state index in [9.17, 15) is 9.18 Å². The first-order chi connectivity index (χ1) is 9.54. The Labute approximate surface area is 116 Å². The highest BCUT2D eigenvalue weighted by Crippen LogP contribution is 2.21. The van der Waals surface area contributed by atoms with E-state index in [1.165, 1.54) is 12.1 Å². The van der Waals surface area contributed by atoms with Gasteiger partial charge >= 0.3 is 0 Å². The van der Waals surface area contributed by atoms with Gasteiger partial charge in [0.25, 0.3) is 5.91 Å². The van der Waals surface area contributed by atoms with E-state index in [4.69, 9.17) is 10.5 Å². The number of hydrogen-bond acceptors (Lipinski definition) is 3. The first kappa shape index (κ1) is 13.9. The van der Waals surface area contributed by atoms with Crippen LogP contribution in [0.3, 0.4) is 0 Å². The predicted molar refractivity (Wildman–Crippen MR) is 76.1 cm³/mol. The summed E-state index contributed by atoms with van der Waals surface area (Å²) in [5, 5.41) is 2.69. The molecule has 5 heteroatoms. The van der Waals surface area contributed by atoms with Gasteiger partial charge in [0.05, 0.1) is 5.69 Å². The number of nitrogens with one attached hydrogen (secondary N) is 1. The molecule has 0 saturated carbocycles. The van der Waals surface area contributed by atoms with Gasteiger partial charge in [-0.3, -0.25) is 4.79 Å². The van der Waals surface area contributed by atoms with Gasteiger partial charge in [0.2, 0.25) is 0 Å². The molecule has 0 bridgehead atoms. The molecule has 0 atom stereocenters. The highest BCUT2D eigenvalue weighted by molar-refractivity contribution is 5.91.